The van der Waals surface area contributed by atoms with Gasteiger partial charge in [-0.15, -0.1) is 0 Å². The summed E-state index contributed by atoms with van der Waals surface area (Å²) in [4.78, 5) is 27.1. The largest absolute Gasteiger partial charge is 0.416 e. The molecular formula is C29H28F3N7O2. The van der Waals surface area contributed by atoms with E-state index in [0.29, 0.717) is 11.3 Å². The van der Waals surface area contributed by atoms with Crippen LogP contribution in [0.5, 0.6) is 0 Å². The molecule has 1 aliphatic carbocycles. The first-order valence-electron chi connectivity index (χ1n) is 12.8. The van der Waals surface area contributed by atoms with Crippen LogP contribution in [-0.2, 0) is 12.7 Å². The predicted molar refractivity (Wildman–Crippen MR) is 150 cm³/mol. The third-order valence-electron chi connectivity index (χ3n) is 6.47. The number of carbonyl (C=O) groups is 2. The van der Waals surface area contributed by atoms with Gasteiger partial charge in [-0.25, -0.2) is 4.79 Å². The van der Waals surface area contributed by atoms with Crippen LogP contribution >= 0.6 is 0 Å². The molecule has 41 heavy (non-hydrogen) atoms. The van der Waals surface area contributed by atoms with Gasteiger partial charge in [0.1, 0.15) is 0 Å². The van der Waals surface area contributed by atoms with E-state index in [1.165, 1.54) is 34.7 Å². The van der Waals surface area contributed by atoms with Gasteiger partial charge < -0.3 is 11.2 Å². The molecule has 9 nitrogen and oxygen atoms in total. The number of allylic oxidation sites excluding steroid dienone is 2. The van der Waals surface area contributed by atoms with E-state index in [-0.39, 0.29) is 17.8 Å². The molecule has 0 saturated heterocycles. The van der Waals surface area contributed by atoms with Gasteiger partial charge in [0.15, 0.2) is 0 Å². The van der Waals surface area contributed by atoms with E-state index in [9.17, 15) is 22.8 Å². The van der Waals surface area contributed by atoms with E-state index in [0.717, 1.165) is 43.4 Å². The van der Waals surface area contributed by atoms with Crippen LogP contribution < -0.4 is 21.4 Å². The molecule has 212 valence electrons. The Morgan fingerprint density at radius 2 is 1.73 bits per heavy atom. The molecule has 1 aliphatic rings. The summed E-state index contributed by atoms with van der Waals surface area (Å²) in [5.41, 5.74) is 2.86. The number of nitrogens with two attached hydrogens (primary N) is 1. The highest BCUT2D eigenvalue weighted by Crippen LogP contribution is 2.32. The second-order valence-electron chi connectivity index (χ2n) is 9.33. The summed E-state index contributed by atoms with van der Waals surface area (Å²) >= 11 is 0. The van der Waals surface area contributed by atoms with Gasteiger partial charge in [0.25, 0.3) is 5.91 Å². The monoisotopic (exact) mass is 563 g/mol. The van der Waals surface area contributed by atoms with Crippen LogP contribution in [0.1, 0.15) is 52.7 Å². The van der Waals surface area contributed by atoms with E-state index >= 15 is 0 Å². The molecular weight excluding hydrogens is 535 g/mol. The fourth-order valence-electron chi connectivity index (χ4n) is 4.41. The molecule has 0 radical (unpaired) electrons. The van der Waals surface area contributed by atoms with Crippen molar-refractivity contribution >= 4 is 34.8 Å². The van der Waals surface area contributed by atoms with Crippen LogP contribution in [0.2, 0.25) is 0 Å². The van der Waals surface area contributed by atoms with Gasteiger partial charge in [-0.2, -0.15) is 13.2 Å². The molecule has 0 aromatic heterocycles. The van der Waals surface area contributed by atoms with Crippen molar-refractivity contribution in [2.24, 2.45) is 16.2 Å². The fourth-order valence-corrected chi connectivity index (χ4v) is 4.41. The number of carbonyl (C=O) groups excluding carboxylic acids is 2. The standard InChI is InChI=1S/C29H28F3N7O2/c30-29(31,32)23-7-4-8-24(17-23)35-28(41)39(25-15-13-21(14-16-25)20-5-2-1-3-6-20)18-19-9-11-22(12-10-19)26(40)36-27(33)37-38-34/h4-5,7-17H,1-3,6,18H2,(H,35,41)(H4,33,34,36,37,40). The maximum atomic E-state index is 13.4. The van der Waals surface area contributed by atoms with E-state index in [2.05, 4.69) is 27.0 Å². The average Bonchev–Trinajstić information content (AvgIpc) is 2.96. The molecule has 3 aromatic rings. The number of halogens is 3. The Morgan fingerprint density at radius 3 is 2.37 bits per heavy atom. The van der Waals surface area contributed by atoms with Crippen LogP contribution in [0.15, 0.2) is 89.2 Å². The van der Waals surface area contributed by atoms with Gasteiger partial charge >= 0.3 is 12.2 Å². The van der Waals surface area contributed by atoms with Crippen LogP contribution in [0.4, 0.5) is 29.3 Å². The molecule has 0 atom stereocenters. The SMILES string of the molecule is N=C(/N=N\N)NC(=O)c1ccc(CN(C(=O)Nc2cccc(C(F)(F)F)c2)c2ccc(C3=CCCCC3)cc2)cc1. The molecule has 0 saturated carbocycles. The Hall–Kier alpha value is -5.00. The lowest BCUT2D eigenvalue weighted by Gasteiger charge is -2.24. The van der Waals surface area contributed by atoms with Gasteiger partial charge in [-0.1, -0.05) is 46.7 Å². The Kier molecular flexibility index (Phi) is 9.12. The molecule has 0 heterocycles. The van der Waals surface area contributed by atoms with Crippen molar-refractivity contribution in [2.75, 3.05) is 10.2 Å². The summed E-state index contributed by atoms with van der Waals surface area (Å²) in [7, 11) is 0. The third kappa shape index (κ3) is 7.78. The summed E-state index contributed by atoms with van der Waals surface area (Å²) in [5, 5.41) is 18.4. The van der Waals surface area contributed by atoms with E-state index in [4.69, 9.17) is 11.3 Å². The van der Waals surface area contributed by atoms with Crippen LogP contribution in [0.3, 0.4) is 0 Å². The molecule has 3 amide bonds. The van der Waals surface area contributed by atoms with Crippen molar-refractivity contribution in [1.29, 1.82) is 5.41 Å². The number of nitrogens with one attached hydrogen (secondary N) is 3. The highest BCUT2D eigenvalue weighted by atomic mass is 19.4. The fraction of sp³-hybridized carbons (Fsp3) is 0.207. The van der Waals surface area contributed by atoms with Gasteiger partial charge in [-0.05, 0) is 84.8 Å². The van der Waals surface area contributed by atoms with Crippen molar-refractivity contribution in [2.45, 2.75) is 38.4 Å². The first kappa shape index (κ1) is 29.0. The van der Waals surface area contributed by atoms with Gasteiger partial charge in [0.2, 0.25) is 5.96 Å². The molecule has 0 aliphatic heterocycles. The Bertz CT molecular complexity index is 1470. The Morgan fingerprint density at radius 1 is 1.00 bits per heavy atom. The van der Waals surface area contributed by atoms with Crippen molar-refractivity contribution in [3.63, 3.8) is 0 Å². The number of hydrogen-bond donors (Lipinski definition) is 4. The summed E-state index contributed by atoms with van der Waals surface area (Å²) in [6.07, 6.45) is 1.94. The molecule has 12 heteroatoms. The van der Waals surface area contributed by atoms with Crippen molar-refractivity contribution in [1.82, 2.24) is 5.32 Å². The van der Waals surface area contributed by atoms with Crippen LogP contribution in [-0.4, -0.2) is 17.9 Å². The van der Waals surface area contributed by atoms with E-state index in [1.807, 2.05) is 12.1 Å². The Labute approximate surface area is 234 Å². The molecule has 0 spiro atoms. The quantitative estimate of drug-likeness (QED) is 0.0854. The smallest absolute Gasteiger partial charge is 0.308 e. The number of anilines is 2. The zero-order valence-corrected chi connectivity index (χ0v) is 21.9. The van der Waals surface area contributed by atoms with Crippen molar-refractivity contribution in [3.05, 3.63) is 101 Å². The lowest BCUT2D eigenvalue weighted by atomic mass is 9.93. The highest BCUT2D eigenvalue weighted by Gasteiger charge is 2.30. The molecule has 4 rings (SSSR count). The summed E-state index contributed by atoms with van der Waals surface area (Å²) in [6.45, 7) is 0.0615. The third-order valence-corrected chi connectivity index (χ3v) is 6.47. The number of amides is 3. The summed E-state index contributed by atoms with van der Waals surface area (Å²) in [6, 6.07) is 17.6. The van der Waals surface area contributed by atoms with Gasteiger partial charge in [-0.3, -0.25) is 20.4 Å². The lowest BCUT2D eigenvalue weighted by molar-refractivity contribution is -0.137. The minimum Gasteiger partial charge on any atom is -0.308 e. The summed E-state index contributed by atoms with van der Waals surface area (Å²) < 4.78 is 39.7. The number of urea groups is 1. The minimum absolute atomic E-state index is 0.00269. The molecule has 5 N–H and O–H groups in total. The number of benzene rings is 3. The first-order valence-corrected chi connectivity index (χ1v) is 12.8. The second-order valence-corrected chi connectivity index (χ2v) is 9.33. The number of guanidine groups is 1. The molecule has 0 unspecified atom stereocenters. The predicted octanol–water partition coefficient (Wildman–Crippen LogP) is 6.89. The molecule has 0 fully saturated rings. The number of hydrogen-bond acceptors (Lipinski definition) is 4. The first-order chi connectivity index (χ1) is 19.6. The van der Waals surface area contributed by atoms with Crippen LogP contribution in [0.25, 0.3) is 5.57 Å². The Balaban J connectivity index is 1.58. The topological polar surface area (TPSA) is 136 Å². The zero-order valence-electron chi connectivity index (χ0n) is 21.9. The van der Waals surface area contributed by atoms with Gasteiger partial charge in [0, 0.05) is 16.9 Å². The highest BCUT2D eigenvalue weighted by molar-refractivity contribution is 6.05. The average molecular weight is 564 g/mol. The lowest BCUT2D eigenvalue weighted by Crippen LogP contribution is -2.34. The second kappa shape index (κ2) is 12.9. The van der Waals surface area contributed by atoms with Crippen molar-refractivity contribution < 1.29 is 22.8 Å². The minimum atomic E-state index is -4.55. The normalized spacial score (nSPS) is 13.4. The number of alkyl halides is 3. The van der Waals surface area contributed by atoms with E-state index < -0.39 is 29.6 Å². The number of rotatable bonds is 6. The molecule has 0 bridgehead atoms. The summed E-state index contributed by atoms with van der Waals surface area (Å²) in [5.74, 6) is 3.76. The van der Waals surface area contributed by atoms with Gasteiger partial charge in [0.05, 0.1) is 12.1 Å². The molecule has 3 aromatic carbocycles. The number of nitrogens with zero attached hydrogens (tertiary/aromatic N) is 3. The maximum absolute atomic E-state index is 13.4. The van der Waals surface area contributed by atoms with Crippen LogP contribution in [0, 0.1) is 5.41 Å². The van der Waals surface area contributed by atoms with E-state index in [1.54, 1.807) is 24.3 Å². The zero-order chi connectivity index (χ0) is 29.4. The van der Waals surface area contributed by atoms with Crippen molar-refractivity contribution in [3.8, 4) is 0 Å². The maximum Gasteiger partial charge on any atom is 0.416 e.